The lowest BCUT2D eigenvalue weighted by atomic mass is 10.1. The number of nitrogens with one attached hydrogen (secondary N) is 2. The quantitative estimate of drug-likeness (QED) is 0.314. The molecule has 0 fully saturated rings. The van der Waals surface area contributed by atoms with Gasteiger partial charge in [0.05, 0.1) is 12.3 Å². The van der Waals surface area contributed by atoms with Gasteiger partial charge in [-0.05, 0) is 44.5 Å². The van der Waals surface area contributed by atoms with E-state index in [1.54, 1.807) is 25.1 Å². The van der Waals surface area contributed by atoms with Gasteiger partial charge in [-0.25, -0.2) is 0 Å². The van der Waals surface area contributed by atoms with Crippen LogP contribution in [0, 0.1) is 6.92 Å². The Labute approximate surface area is 176 Å². The van der Waals surface area contributed by atoms with Gasteiger partial charge in [-0.15, -0.1) is 0 Å². The summed E-state index contributed by atoms with van der Waals surface area (Å²) in [6.07, 6.45) is 0.906. The molecule has 0 saturated heterocycles. The number of benzene rings is 2. The Morgan fingerprint density at radius 2 is 1.90 bits per heavy atom. The van der Waals surface area contributed by atoms with Crippen molar-refractivity contribution in [2.45, 2.75) is 32.1 Å². The van der Waals surface area contributed by atoms with Crippen molar-refractivity contribution in [3.05, 3.63) is 60.2 Å². The third-order valence-corrected chi connectivity index (χ3v) is 5.22. The van der Waals surface area contributed by atoms with Gasteiger partial charge >= 0.3 is 10.1 Å². The van der Waals surface area contributed by atoms with Crippen LogP contribution in [0.25, 0.3) is 11.3 Å². The van der Waals surface area contributed by atoms with Crippen LogP contribution in [0.4, 0.5) is 5.82 Å². The summed E-state index contributed by atoms with van der Waals surface area (Å²) in [5.41, 5.74) is 2.49. The molecular weight excluding hydrogens is 404 g/mol. The Balaban J connectivity index is 1.69. The average molecular weight is 429 g/mol. The second-order valence-corrected chi connectivity index (χ2v) is 8.18. The molecule has 0 aliphatic carbocycles. The van der Waals surface area contributed by atoms with Gasteiger partial charge in [0.2, 0.25) is 0 Å². The third-order valence-electron chi connectivity index (χ3n) is 4.10. The highest BCUT2D eigenvalue weighted by Crippen LogP contribution is 2.29. The van der Waals surface area contributed by atoms with E-state index in [1.165, 1.54) is 12.1 Å². The molecule has 8 nitrogen and oxygen atoms in total. The molecule has 9 heteroatoms. The molecule has 3 rings (SSSR count). The summed E-state index contributed by atoms with van der Waals surface area (Å²) in [6, 6.07) is 15.7. The molecule has 1 heterocycles. The minimum absolute atomic E-state index is 0.0390. The Kier molecular flexibility index (Phi) is 6.73. The monoisotopic (exact) mass is 428 g/mol. The first-order valence-corrected chi connectivity index (χ1v) is 10.9. The first-order chi connectivity index (χ1) is 14.4. The van der Waals surface area contributed by atoms with Crippen molar-refractivity contribution in [2.75, 3.05) is 11.9 Å². The molecule has 0 atom stereocenters. The highest BCUT2D eigenvalue weighted by molar-refractivity contribution is 7.86. The number of nitrogens with zero attached hydrogens (tertiary/aromatic N) is 2. The van der Waals surface area contributed by atoms with Crippen molar-refractivity contribution in [1.82, 2.24) is 10.2 Å². The van der Waals surface area contributed by atoms with Crippen LogP contribution in [0.15, 0.2) is 64.6 Å². The largest absolute Gasteiger partial charge is 0.493 e. The van der Waals surface area contributed by atoms with Crippen LogP contribution in [0.3, 0.4) is 0 Å². The van der Waals surface area contributed by atoms with Gasteiger partial charge in [0.25, 0.3) is 0 Å². The summed E-state index contributed by atoms with van der Waals surface area (Å²) in [4.78, 5) is 0.0390. The number of oxime groups is 1. The van der Waals surface area contributed by atoms with Gasteiger partial charge in [-0.3, -0.25) is 9.38 Å². The van der Waals surface area contributed by atoms with Crippen LogP contribution in [0.5, 0.6) is 5.75 Å². The molecule has 0 amide bonds. The lowest BCUT2D eigenvalue weighted by molar-refractivity contribution is 0.318. The summed E-state index contributed by atoms with van der Waals surface area (Å²) in [5.74, 6) is 1.53. The standard InChI is InChI=1S/C21H24N4O4S/c1-4-13-28-20-8-6-5-7-18(20)19-14-21(24-23-19)22-16(3)25-29-30(26,27)17-11-9-15(2)10-12-17/h5-12,14H,4,13H2,1-3H3,(H2,22,23,24,25). The molecule has 2 N–H and O–H groups in total. The van der Waals surface area contributed by atoms with E-state index in [0.717, 1.165) is 23.3 Å². The number of anilines is 1. The van der Waals surface area contributed by atoms with Gasteiger partial charge in [0, 0.05) is 11.6 Å². The Hall–Kier alpha value is -3.33. The molecule has 1 aromatic heterocycles. The van der Waals surface area contributed by atoms with Crippen molar-refractivity contribution in [2.24, 2.45) is 5.16 Å². The highest BCUT2D eigenvalue weighted by Gasteiger charge is 2.16. The fraction of sp³-hybridized carbons (Fsp3) is 0.238. The predicted molar refractivity (Wildman–Crippen MR) is 116 cm³/mol. The van der Waals surface area contributed by atoms with Gasteiger partial charge in [0.1, 0.15) is 22.3 Å². The van der Waals surface area contributed by atoms with E-state index in [4.69, 9.17) is 9.02 Å². The second kappa shape index (κ2) is 9.45. The molecule has 158 valence electrons. The molecular formula is C21H24N4O4S. The van der Waals surface area contributed by atoms with E-state index in [1.807, 2.05) is 38.1 Å². The van der Waals surface area contributed by atoms with Crippen molar-refractivity contribution in [1.29, 1.82) is 0 Å². The fourth-order valence-corrected chi connectivity index (χ4v) is 3.38. The van der Waals surface area contributed by atoms with Gasteiger partial charge < -0.3 is 10.1 Å². The van der Waals surface area contributed by atoms with Crippen LogP contribution in [-0.4, -0.2) is 31.1 Å². The molecule has 0 saturated carbocycles. The summed E-state index contributed by atoms with van der Waals surface area (Å²) in [5, 5.41) is 13.7. The zero-order valence-corrected chi connectivity index (χ0v) is 17.9. The molecule has 0 radical (unpaired) electrons. The van der Waals surface area contributed by atoms with E-state index < -0.39 is 10.1 Å². The lowest BCUT2D eigenvalue weighted by Crippen LogP contribution is -2.11. The summed E-state index contributed by atoms with van der Waals surface area (Å²) < 4.78 is 35.0. The fourth-order valence-electron chi connectivity index (χ4n) is 2.61. The molecule has 3 aromatic rings. The van der Waals surface area contributed by atoms with Gasteiger partial charge in [-0.2, -0.15) is 13.5 Å². The predicted octanol–water partition coefficient (Wildman–Crippen LogP) is 4.32. The van der Waals surface area contributed by atoms with E-state index in [2.05, 4.69) is 20.7 Å². The number of hydrogen-bond acceptors (Lipinski definition) is 6. The SMILES string of the molecule is CCCOc1ccccc1-c1cc(N/C(C)=N/OS(=O)(=O)c2ccc(C)cc2)[nH]n1. The number of ether oxygens (including phenoxy) is 1. The van der Waals surface area contributed by atoms with Crippen LogP contribution < -0.4 is 10.1 Å². The maximum absolute atomic E-state index is 12.2. The summed E-state index contributed by atoms with van der Waals surface area (Å²) in [7, 11) is -3.99. The molecule has 0 aliphatic rings. The molecule has 0 bridgehead atoms. The van der Waals surface area contributed by atoms with Crippen LogP contribution in [0.1, 0.15) is 25.8 Å². The maximum atomic E-state index is 12.2. The lowest BCUT2D eigenvalue weighted by Gasteiger charge is -2.08. The average Bonchev–Trinajstić information content (AvgIpc) is 3.19. The number of aryl methyl sites for hydroxylation is 1. The van der Waals surface area contributed by atoms with Crippen molar-refractivity contribution in [3.63, 3.8) is 0 Å². The number of H-pyrrole nitrogens is 1. The first-order valence-electron chi connectivity index (χ1n) is 9.48. The first kappa shape index (κ1) is 21.4. The Morgan fingerprint density at radius 1 is 1.17 bits per heavy atom. The van der Waals surface area contributed by atoms with Crippen molar-refractivity contribution < 1.29 is 17.4 Å². The second-order valence-electron chi connectivity index (χ2n) is 6.65. The Bertz CT molecular complexity index is 1120. The smallest absolute Gasteiger partial charge is 0.358 e. The number of amidine groups is 1. The van der Waals surface area contributed by atoms with Crippen LogP contribution >= 0.6 is 0 Å². The highest BCUT2D eigenvalue weighted by atomic mass is 32.2. The van der Waals surface area contributed by atoms with E-state index in [0.29, 0.717) is 18.1 Å². The molecule has 0 aliphatic heterocycles. The summed E-state index contributed by atoms with van der Waals surface area (Å²) >= 11 is 0. The van der Waals surface area contributed by atoms with Crippen LogP contribution in [0.2, 0.25) is 0 Å². The summed E-state index contributed by atoms with van der Waals surface area (Å²) in [6.45, 7) is 6.12. The number of aromatic nitrogens is 2. The van der Waals surface area contributed by atoms with E-state index in [9.17, 15) is 8.42 Å². The number of rotatable bonds is 8. The minimum Gasteiger partial charge on any atom is -0.493 e. The maximum Gasteiger partial charge on any atom is 0.358 e. The number of para-hydroxylation sites is 1. The third kappa shape index (κ3) is 5.38. The number of aromatic amines is 1. The van der Waals surface area contributed by atoms with Gasteiger partial charge in [-0.1, -0.05) is 41.9 Å². The Morgan fingerprint density at radius 3 is 2.63 bits per heavy atom. The van der Waals surface area contributed by atoms with Gasteiger partial charge in [0.15, 0.2) is 0 Å². The topological polar surface area (TPSA) is 106 Å². The molecule has 0 spiro atoms. The number of hydrogen-bond donors (Lipinski definition) is 2. The van der Waals surface area contributed by atoms with E-state index >= 15 is 0 Å². The van der Waals surface area contributed by atoms with Crippen molar-refractivity contribution in [3.8, 4) is 17.0 Å². The molecule has 2 aromatic carbocycles. The normalized spacial score (nSPS) is 11.9. The van der Waals surface area contributed by atoms with E-state index in [-0.39, 0.29) is 10.7 Å². The zero-order chi connectivity index (χ0) is 21.6. The zero-order valence-electron chi connectivity index (χ0n) is 17.0. The van der Waals surface area contributed by atoms with Crippen molar-refractivity contribution >= 4 is 21.8 Å². The van der Waals surface area contributed by atoms with Crippen LogP contribution in [-0.2, 0) is 14.4 Å². The molecule has 0 unspecified atom stereocenters. The minimum atomic E-state index is -3.99. The molecule has 30 heavy (non-hydrogen) atoms.